The first-order valence-electron chi connectivity index (χ1n) is 6.59. The Balaban J connectivity index is 2.37. The van der Waals surface area contributed by atoms with Gasteiger partial charge in [-0.05, 0) is 38.6 Å². The van der Waals surface area contributed by atoms with Gasteiger partial charge in [0.2, 0.25) is 0 Å². The Morgan fingerprint density at radius 3 is 2.27 bits per heavy atom. The summed E-state index contributed by atoms with van der Waals surface area (Å²) in [5, 5.41) is 0. The van der Waals surface area contributed by atoms with Gasteiger partial charge < -0.3 is 5.73 Å². The predicted octanol–water partition coefficient (Wildman–Crippen LogP) is 2.62. The van der Waals surface area contributed by atoms with Crippen LogP contribution in [-0.4, -0.2) is 30.1 Å². The molecule has 2 nitrogen and oxygen atoms in total. The standard InChI is InChI=1S/C13H28N2/c1-11(2)8-9-15(10-12(3)14)13-6-4-5-7-13/h11-13H,4-10,14H2,1-3H3/t12-/m1/s1. The van der Waals surface area contributed by atoms with E-state index in [1.165, 1.54) is 38.6 Å². The first kappa shape index (κ1) is 13.0. The molecule has 0 aromatic heterocycles. The summed E-state index contributed by atoms with van der Waals surface area (Å²) in [7, 11) is 0. The second kappa shape index (κ2) is 6.49. The summed E-state index contributed by atoms with van der Waals surface area (Å²) in [6, 6.07) is 1.15. The van der Waals surface area contributed by atoms with Gasteiger partial charge in [0.05, 0.1) is 0 Å². The molecule has 0 aromatic rings. The Labute approximate surface area is 95.2 Å². The van der Waals surface area contributed by atoms with Gasteiger partial charge in [-0.3, -0.25) is 4.90 Å². The van der Waals surface area contributed by atoms with Crippen molar-refractivity contribution in [3.63, 3.8) is 0 Å². The summed E-state index contributed by atoms with van der Waals surface area (Å²) in [5.74, 6) is 0.807. The average molecular weight is 212 g/mol. The van der Waals surface area contributed by atoms with Crippen LogP contribution in [0.4, 0.5) is 0 Å². The molecule has 2 N–H and O–H groups in total. The van der Waals surface area contributed by atoms with Gasteiger partial charge in [-0.1, -0.05) is 26.7 Å². The highest BCUT2D eigenvalue weighted by Gasteiger charge is 2.22. The van der Waals surface area contributed by atoms with Crippen molar-refractivity contribution in [2.24, 2.45) is 11.7 Å². The van der Waals surface area contributed by atoms with Crippen LogP contribution in [0.2, 0.25) is 0 Å². The molecule has 1 aliphatic carbocycles. The summed E-state index contributed by atoms with van der Waals surface area (Å²) in [5.41, 5.74) is 5.93. The van der Waals surface area contributed by atoms with Crippen LogP contribution < -0.4 is 5.73 Å². The molecule has 0 saturated heterocycles. The van der Waals surface area contributed by atoms with Crippen molar-refractivity contribution in [1.29, 1.82) is 0 Å². The fourth-order valence-corrected chi connectivity index (χ4v) is 2.49. The fourth-order valence-electron chi connectivity index (χ4n) is 2.49. The number of rotatable bonds is 6. The highest BCUT2D eigenvalue weighted by Crippen LogP contribution is 2.24. The number of nitrogens with two attached hydrogens (primary N) is 1. The Morgan fingerprint density at radius 1 is 1.20 bits per heavy atom. The SMILES string of the molecule is CC(C)CCN(C[C@@H](C)N)C1CCCC1. The van der Waals surface area contributed by atoms with Crippen molar-refractivity contribution in [3.05, 3.63) is 0 Å². The van der Waals surface area contributed by atoms with E-state index in [-0.39, 0.29) is 0 Å². The van der Waals surface area contributed by atoms with E-state index in [2.05, 4.69) is 25.7 Å². The Bertz CT molecular complexity index is 160. The maximum Gasteiger partial charge on any atom is 0.0139 e. The predicted molar refractivity (Wildman–Crippen MR) is 66.9 cm³/mol. The molecule has 1 saturated carbocycles. The Kier molecular flexibility index (Phi) is 5.62. The smallest absolute Gasteiger partial charge is 0.0139 e. The molecule has 1 fully saturated rings. The molecule has 15 heavy (non-hydrogen) atoms. The van der Waals surface area contributed by atoms with Crippen LogP contribution >= 0.6 is 0 Å². The third kappa shape index (κ3) is 4.98. The number of hydrogen-bond donors (Lipinski definition) is 1. The molecule has 0 unspecified atom stereocenters. The Hall–Kier alpha value is -0.0800. The van der Waals surface area contributed by atoms with Gasteiger partial charge in [-0.2, -0.15) is 0 Å². The normalized spacial score (nSPS) is 20.4. The van der Waals surface area contributed by atoms with E-state index in [4.69, 9.17) is 5.73 Å². The quantitative estimate of drug-likeness (QED) is 0.733. The summed E-state index contributed by atoms with van der Waals surface area (Å²) in [6.45, 7) is 9.05. The molecule has 2 heteroatoms. The zero-order valence-electron chi connectivity index (χ0n) is 10.7. The van der Waals surface area contributed by atoms with E-state index in [9.17, 15) is 0 Å². The summed E-state index contributed by atoms with van der Waals surface area (Å²) < 4.78 is 0. The van der Waals surface area contributed by atoms with Crippen LogP contribution in [0.5, 0.6) is 0 Å². The largest absolute Gasteiger partial charge is 0.327 e. The number of hydrogen-bond acceptors (Lipinski definition) is 2. The van der Waals surface area contributed by atoms with Crippen LogP contribution in [-0.2, 0) is 0 Å². The third-order valence-corrected chi connectivity index (χ3v) is 3.36. The molecule has 0 heterocycles. The van der Waals surface area contributed by atoms with Crippen LogP contribution in [0.1, 0.15) is 52.9 Å². The van der Waals surface area contributed by atoms with Crippen molar-refractivity contribution in [2.45, 2.75) is 65.0 Å². The number of nitrogens with zero attached hydrogens (tertiary/aromatic N) is 1. The van der Waals surface area contributed by atoms with Gasteiger partial charge >= 0.3 is 0 Å². The van der Waals surface area contributed by atoms with Crippen LogP contribution in [0.15, 0.2) is 0 Å². The molecule has 1 atom stereocenters. The molecular weight excluding hydrogens is 184 g/mol. The molecule has 1 aliphatic rings. The highest BCUT2D eigenvalue weighted by atomic mass is 15.2. The molecule has 1 rings (SSSR count). The molecule has 0 amide bonds. The van der Waals surface area contributed by atoms with Crippen molar-refractivity contribution in [2.75, 3.05) is 13.1 Å². The minimum absolute atomic E-state index is 0.317. The van der Waals surface area contributed by atoms with Crippen molar-refractivity contribution in [3.8, 4) is 0 Å². The van der Waals surface area contributed by atoms with Gasteiger partial charge in [-0.25, -0.2) is 0 Å². The van der Waals surface area contributed by atoms with E-state index < -0.39 is 0 Å². The lowest BCUT2D eigenvalue weighted by Gasteiger charge is -2.30. The average Bonchev–Trinajstić information content (AvgIpc) is 2.63. The summed E-state index contributed by atoms with van der Waals surface area (Å²) >= 11 is 0. The van der Waals surface area contributed by atoms with Crippen LogP contribution in [0.3, 0.4) is 0 Å². The molecule has 0 aromatic carbocycles. The second-order valence-corrected chi connectivity index (χ2v) is 5.59. The van der Waals surface area contributed by atoms with Crippen molar-refractivity contribution >= 4 is 0 Å². The molecule has 90 valence electrons. The van der Waals surface area contributed by atoms with E-state index in [1.807, 2.05) is 0 Å². The van der Waals surface area contributed by atoms with Crippen molar-refractivity contribution in [1.82, 2.24) is 4.90 Å². The van der Waals surface area contributed by atoms with E-state index in [0.717, 1.165) is 18.5 Å². The molecule has 0 bridgehead atoms. The lowest BCUT2D eigenvalue weighted by atomic mass is 10.1. The molecular formula is C13H28N2. The summed E-state index contributed by atoms with van der Waals surface area (Å²) in [4.78, 5) is 2.64. The second-order valence-electron chi connectivity index (χ2n) is 5.59. The van der Waals surface area contributed by atoms with Gasteiger partial charge in [0, 0.05) is 18.6 Å². The zero-order chi connectivity index (χ0) is 11.3. The van der Waals surface area contributed by atoms with Crippen LogP contribution in [0.25, 0.3) is 0 Å². The van der Waals surface area contributed by atoms with Gasteiger partial charge in [-0.15, -0.1) is 0 Å². The molecule has 0 spiro atoms. The Morgan fingerprint density at radius 2 is 1.80 bits per heavy atom. The maximum absolute atomic E-state index is 5.93. The minimum Gasteiger partial charge on any atom is -0.327 e. The topological polar surface area (TPSA) is 29.3 Å². The van der Waals surface area contributed by atoms with Crippen molar-refractivity contribution < 1.29 is 0 Å². The first-order valence-corrected chi connectivity index (χ1v) is 6.59. The highest BCUT2D eigenvalue weighted by molar-refractivity contribution is 4.79. The lowest BCUT2D eigenvalue weighted by molar-refractivity contribution is 0.180. The van der Waals surface area contributed by atoms with Gasteiger partial charge in [0.25, 0.3) is 0 Å². The van der Waals surface area contributed by atoms with E-state index >= 15 is 0 Å². The summed E-state index contributed by atoms with van der Waals surface area (Å²) in [6.07, 6.45) is 6.93. The minimum atomic E-state index is 0.317. The first-order chi connectivity index (χ1) is 7.09. The molecule has 0 radical (unpaired) electrons. The lowest BCUT2D eigenvalue weighted by Crippen LogP contribution is -2.42. The molecule has 0 aliphatic heterocycles. The van der Waals surface area contributed by atoms with Gasteiger partial charge in [0.15, 0.2) is 0 Å². The third-order valence-electron chi connectivity index (χ3n) is 3.36. The van der Waals surface area contributed by atoms with E-state index in [0.29, 0.717) is 6.04 Å². The van der Waals surface area contributed by atoms with Crippen LogP contribution in [0, 0.1) is 5.92 Å². The fraction of sp³-hybridized carbons (Fsp3) is 1.00. The van der Waals surface area contributed by atoms with E-state index in [1.54, 1.807) is 0 Å². The maximum atomic E-state index is 5.93. The monoisotopic (exact) mass is 212 g/mol. The van der Waals surface area contributed by atoms with Gasteiger partial charge in [0.1, 0.15) is 0 Å². The zero-order valence-corrected chi connectivity index (χ0v) is 10.7.